The van der Waals surface area contributed by atoms with Crippen LogP contribution in [0.2, 0.25) is 10.0 Å². The number of anilines is 1. The smallest absolute Gasteiger partial charge is 0.338 e. The van der Waals surface area contributed by atoms with Crippen LogP contribution in [0.3, 0.4) is 0 Å². The van der Waals surface area contributed by atoms with Crippen LogP contribution in [0.1, 0.15) is 25.5 Å². The van der Waals surface area contributed by atoms with E-state index in [0.29, 0.717) is 32.7 Å². The number of allylic oxidation sites excluding steroid dienone is 1. The second-order valence-corrected chi connectivity index (χ2v) is 7.26. The van der Waals surface area contributed by atoms with Gasteiger partial charge in [0.05, 0.1) is 23.2 Å². The number of nitrogens with zero attached hydrogens (tertiary/aromatic N) is 1. The summed E-state index contributed by atoms with van der Waals surface area (Å²) in [5, 5.41) is 3.94. The topological polar surface area (TPSA) is 41.6 Å². The van der Waals surface area contributed by atoms with Crippen LogP contribution in [0.4, 0.5) is 10.1 Å². The first-order chi connectivity index (χ1) is 13.3. The first-order valence-corrected chi connectivity index (χ1v) is 9.69. The number of hydrogen-bond acceptors (Lipinski definition) is 3. The highest BCUT2D eigenvalue weighted by Gasteiger charge is 2.36. The molecule has 8 heteroatoms. The molecule has 1 unspecified atom stereocenters. The summed E-state index contributed by atoms with van der Waals surface area (Å²) in [5.41, 5.74) is 2.14. The van der Waals surface area contributed by atoms with Gasteiger partial charge in [-0.1, -0.05) is 41.4 Å². The summed E-state index contributed by atoms with van der Waals surface area (Å²) in [4.78, 5) is 14.4. The zero-order valence-electron chi connectivity index (χ0n) is 15.1. The van der Waals surface area contributed by atoms with Gasteiger partial charge in [-0.2, -0.15) is 0 Å². The van der Waals surface area contributed by atoms with Crippen molar-refractivity contribution in [3.63, 3.8) is 0 Å². The number of rotatable bonds is 4. The number of carbonyl (C=O) groups excluding carboxylic acids is 1. The Labute approximate surface area is 177 Å². The average Bonchev–Trinajstić information content (AvgIpc) is 2.64. The van der Waals surface area contributed by atoms with Crippen LogP contribution >= 0.6 is 35.4 Å². The number of hydrogen-bond donors (Lipinski definition) is 1. The number of benzene rings is 2. The van der Waals surface area contributed by atoms with Gasteiger partial charge in [-0.15, -0.1) is 0 Å². The van der Waals surface area contributed by atoms with Crippen molar-refractivity contribution in [3.05, 3.63) is 75.2 Å². The fraction of sp³-hybridized carbons (Fsp3) is 0.200. The third kappa shape index (κ3) is 3.85. The maximum absolute atomic E-state index is 13.6. The van der Waals surface area contributed by atoms with Gasteiger partial charge in [0.25, 0.3) is 0 Å². The molecule has 1 aliphatic rings. The van der Waals surface area contributed by atoms with Crippen LogP contribution in [0.25, 0.3) is 0 Å². The summed E-state index contributed by atoms with van der Waals surface area (Å²) < 4.78 is 18.9. The molecule has 1 N–H and O–H groups in total. The molecule has 1 aliphatic heterocycles. The maximum atomic E-state index is 13.6. The summed E-state index contributed by atoms with van der Waals surface area (Å²) in [5.74, 6) is -1.03. The minimum absolute atomic E-state index is 0.0426. The van der Waals surface area contributed by atoms with E-state index < -0.39 is 17.8 Å². The predicted octanol–water partition coefficient (Wildman–Crippen LogP) is 5.41. The van der Waals surface area contributed by atoms with E-state index >= 15 is 0 Å². The van der Waals surface area contributed by atoms with Crippen molar-refractivity contribution in [1.29, 1.82) is 0 Å². The van der Waals surface area contributed by atoms with E-state index in [-0.39, 0.29) is 11.6 Å². The Morgan fingerprint density at radius 2 is 1.96 bits per heavy atom. The first-order valence-electron chi connectivity index (χ1n) is 8.53. The average molecular weight is 439 g/mol. The quantitative estimate of drug-likeness (QED) is 0.510. The van der Waals surface area contributed by atoms with E-state index in [4.69, 9.17) is 40.2 Å². The second-order valence-electron chi connectivity index (χ2n) is 6.06. The molecule has 0 aromatic heterocycles. The lowest BCUT2D eigenvalue weighted by molar-refractivity contribution is -0.139. The Balaban J connectivity index is 2.17. The van der Waals surface area contributed by atoms with Gasteiger partial charge in [-0.3, -0.25) is 4.90 Å². The van der Waals surface area contributed by atoms with Crippen molar-refractivity contribution < 1.29 is 13.9 Å². The van der Waals surface area contributed by atoms with Crippen molar-refractivity contribution >= 4 is 52.2 Å². The molecule has 0 aliphatic carbocycles. The summed E-state index contributed by atoms with van der Waals surface area (Å²) in [6.45, 7) is 3.70. The Kier molecular flexibility index (Phi) is 6.23. The van der Waals surface area contributed by atoms with Gasteiger partial charge in [-0.25, -0.2) is 9.18 Å². The zero-order valence-corrected chi connectivity index (χ0v) is 17.5. The molecule has 28 heavy (non-hydrogen) atoms. The summed E-state index contributed by atoms with van der Waals surface area (Å²) in [6, 6.07) is 10.9. The number of thiocarbonyl (C=S) groups is 1. The molecule has 4 nitrogen and oxygen atoms in total. The third-order valence-electron chi connectivity index (χ3n) is 4.36. The van der Waals surface area contributed by atoms with E-state index in [1.165, 1.54) is 18.2 Å². The Morgan fingerprint density at radius 1 is 1.25 bits per heavy atom. The Hall–Kier alpha value is -2.15. The molecule has 0 spiro atoms. The van der Waals surface area contributed by atoms with Crippen molar-refractivity contribution in [2.75, 3.05) is 11.5 Å². The van der Waals surface area contributed by atoms with Gasteiger partial charge < -0.3 is 10.1 Å². The highest BCUT2D eigenvalue weighted by Crippen LogP contribution is 2.37. The Bertz CT molecular complexity index is 980. The molecular weight excluding hydrogens is 422 g/mol. The molecular formula is C20H17Cl2FN2O2S. The van der Waals surface area contributed by atoms with Gasteiger partial charge in [0.15, 0.2) is 5.11 Å². The number of nitrogens with one attached hydrogen (secondary N) is 1. The van der Waals surface area contributed by atoms with Gasteiger partial charge >= 0.3 is 5.97 Å². The molecule has 3 rings (SSSR count). The monoisotopic (exact) mass is 438 g/mol. The fourth-order valence-corrected chi connectivity index (χ4v) is 3.87. The molecule has 146 valence electrons. The molecule has 0 saturated heterocycles. The lowest BCUT2D eigenvalue weighted by atomic mass is 9.94. The number of esters is 1. The molecule has 0 fully saturated rings. The van der Waals surface area contributed by atoms with E-state index in [0.717, 1.165) is 0 Å². The second kappa shape index (κ2) is 8.47. The summed E-state index contributed by atoms with van der Waals surface area (Å²) >= 11 is 17.8. The zero-order chi connectivity index (χ0) is 20.4. The van der Waals surface area contributed by atoms with Crippen LogP contribution < -0.4 is 10.2 Å². The van der Waals surface area contributed by atoms with Crippen LogP contribution in [0.5, 0.6) is 0 Å². The summed E-state index contributed by atoms with van der Waals surface area (Å²) in [6.07, 6.45) is 0. The van der Waals surface area contributed by atoms with Gasteiger partial charge in [-0.05, 0) is 55.9 Å². The predicted molar refractivity (Wildman–Crippen MR) is 113 cm³/mol. The van der Waals surface area contributed by atoms with E-state index in [9.17, 15) is 9.18 Å². The minimum atomic E-state index is -0.576. The molecule has 2 aromatic rings. The van der Waals surface area contributed by atoms with Crippen molar-refractivity contribution in [2.24, 2.45) is 0 Å². The first kappa shape index (κ1) is 20.6. The number of ether oxygens (including phenoxy) is 1. The number of halogens is 3. The van der Waals surface area contributed by atoms with Crippen LogP contribution in [-0.2, 0) is 9.53 Å². The van der Waals surface area contributed by atoms with Gasteiger partial charge in [0.2, 0.25) is 0 Å². The summed E-state index contributed by atoms with van der Waals surface area (Å²) in [7, 11) is 0. The number of carbonyl (C=O) groups is 1. The third-order valence-corrected chi connectivity index (χ3v) is 5.29. The largest absolute Gasteiger partial charge is 0.463 e. The molecule has 1 heterocycles. The highest BCUT2D eigenvalue weighted by atomic mass is 35.5. The van der Waals surface area contributed by atoms with E-state index in [1.807, 2.05) is 12.1 Å². The normalized spacial score (nSPS) is 16.8. The maximum Gasteiger partial charge on any atom is 0.338 e. The fourth-order valence-electron chi connectivity index (χ4n) is 3.09. The highest BCUT2D eigenvalue weighted by molar-refractivity contribution is 7.80. The van der Waals surface area contributed by atoms with Gasteiger partial charge in [0, 0.05) is 16.4 Å². The molecule has 0 radical (unpaired) electrons. The van der Waals surface area contributed by atoms with Crippen molar-refractivity contribution in [3.8, 4) is 0 Å². The molecule has 2 aromatic carbocycles. The minimum Gasteiger partial charge on any atom is -0.463 e. The lowest BCUT2D eigenvalue weighted by Crippen LogP contribution is -2.48. The molecule has 0 amide bonds. The van der Waals surface area contributed by atoms with Crippen LogP contribution in [0.15, 0.2) is 53.7 Å². The SMILES string of the molecule is CCOC(=O)C1=C(C)N(c2ccc(F)c(Cl)c2)C(=S)NC1c1ccccc1Cl. The van der Waals surface area contributed by atoms with Crippen LogP contribution in [-0.4, -0.2) is 17.7 Å². The van der Waals surface area contributed by atoms with Crippen molar-refractivity contribution in [2.45, 2.75) is 19.9 Å². The van der Waals surface area contributed by atoms with E-state index in [1.54, 1.807) is 30.9 Å². The molecule has 0 saturated carbocycles. The lowest BCUT2D eigenvalue weighted by Gasteiger charge is -2.37. The Morgan fingerprint density at radius 3 is 2.61 bits per heavy atom. The van der Waals surface area contributed by atoms with Gasteiger partial charge in [0.1, 0.15) is 5.82 Å². The standard InChI is InChI=1S/C20H17Cl2FN2O2S/c1-3-27-19(26)17-11(2)25(12-8-9-16(23)15(22)10-12)20(28)24-18(17)13-6-4-5-7-14(13)21/h4-10,18H,3H2,1-2H3,(H,24,28). The van der Waals surface area contributed by atoms with Crippen LogP contribution in [0, 0.1) is 5.82 Å². The molecule has 1 atom stereocenters. The molecule has 0 bridgehead atoms. The van der Waals surface area contributed by atoms with E-state index in [2.05, 4.69) is 5.32 Å². The van der Waals surface area contributed by atoms with Crippen molar-refractivity contribution in [1.82, 2.24) is 5.32 Å².